The van der Waals surface area contributed by atoms with E-state index in [9.17, 15) is 14.7 Å². The fourth-order valence-electron chi connectivity index (χ4n) is 4.89. The topological polar surface area (TPSA) is 131 Å². The van der Waals surface area contributed by atoms with E-state index in [0.717, 1.165) is 50.4 Å². The summed E-state index contributed by atoms with van der Waals surface area (Å²) in [5, 5.41) is 9.55. The zero-order valence-electron chi connectivity index (χ0n) is 23.5. The number of fused-ring (bicyclic) bond motifs is 2. The highest BCUT2D eigenvalue weighted by Gasteiger charge is 2.11. The van der Waals surface area contributed by atoms with Crippen LogP contribution in [0.4, 0.5) is 0 Å². The van der Waals surface area contributed by atoms with Gasteiger partial charge in [-0.25, -0.2) is 9.97 Å². The number of aromatic amines is 2. The number of nitrogens with one attached hydrogen (secondary N) is 2. The Morgan fingerprint density at radius 1 is 0.727 bits per heavy atom. The summed E-state index contributed by atoms with van der Waals surface area (Å²) in [4.78, 5) is 38.4. The first kappa shape index (κ1) is 29.6. The summed E-state index contributed by atoms with van der Waals surface area (Å²) in [6, 6.07) is 24.4. The maximum atomic E-state index is 12.3. The van der Waals surface area contributed by atoms with Crippen molar-refractivity contribution in [3.05, 3.63) is 141 Å². The van der Waals surface area contributed by atoms with Crippen LogP contribution in [0, 0.1) is 13.8 Å². The first-order valence-electron chi connectivity index (χ1n) is 13.6. The Morgan fingerprint density at radius 3 is 1.86 bits per heavy atom. The van der Waals surface area contributed by atoms with Gasteiger partial charge >= 0.3 is 0 Å². The number of H-pyrrole nitrogens is 2. The number of aromatic hydroxyl groups is 1. The van der Waals surface area contributed by atoms with Crippen molar-refractivity contribution in [3.8, 4) is 22.9 Å². The van der Waals surface area contributed by atoms with Gasteiger partial charge in [-0.2, -0.15) is 0 Å². The van der Waals surface area contributed by atoms with Crippen LogP contribution < -0.4 is 15.6 Å². The molecule has 0 saturated heterocycles. The van der Waals surface area contributed by atoms with Crippen LogP contribution in [-0.4, -0.2) is 34.2 Å². The molecule has 44 heavy (non-hydrogen) atoms. The molecule has 3 N–H and O–H groups in total. The van der Waals surface area contributed by atoms with E-state index in [2.05, 4.69) is 19.9 Å². The lowest BCUT2D eigenvalue weighted by molar-refractivity contribution is 0.301. The number of imidazole rings is 2. The number of ether oxygens (including phenoxy) is 1. The fraction of sp³-hybridized carbons (Fsp3) is 0.118. The molecule has 0 aliphatic rings. The maximum absolute atomic E-state index is 12.3. The van der Waals surface area contributed by atoms with Crippen LogP contribution in [0.5, 0.6) is 11.5 Å². The molecule has 0 spiro atoms. The molecule has 4 heterocycles. The molecule has 0 aliphatic heterocycles. The molecular formula is C34H32N6O4. The highest BCUT2D eigenvalue weighted by atomic mass is 16.5. The molecule has 0 bridgehead atoms. The lowest BCUT2D eigenvalue weighted by Gasteiger charge is -2.14. The number of benzene rings is 3. The molecule has 0 saturated carbocycles. The second-order valence-electron chi connectivity index (χ2n) is 9.97. The first-order chi connectivity index (χ1) is 20.9. The molecule has 10 nitrogen and oxygen atoms in total. The Morgan fingerprint density at radius 2 is 1.27 bits per heavy atom. The standard InChI is InChI=1S/C20H17N3O2.C13H11N3O2.CH4/c1-14-10-18(24)19(25-12-15-6-3-2-4-7-15)11-23(14)17-9-5-8-16-20(17)22-13-21-16;1-8-5-11(17)12(18)6-16(8)10-4-2-3-9-13(10)15-7-14-9;/h2-11,13H,12H2,1H3,(H,21,22);2-7,18H,1H3,(H,14,15);1H4. The third kappa shape index (κ3) is 5.86. The summed E-state index contributed by atoms with van der Waals surface area (Å²) in [6.07, 6.45) is 6.44. The number of para-hydroxylation sites is 2. The lowest BCUT2D eigenvalue weighted by atomic mass is 10.2. The second kappa shape index (κ2) is 12.5. The van der Waals surface area contributed by atoms with E-state index >= 15 is 0 Å². The van der Waals surface area contributed by atoms with Gasteiger partial charge in [-0.05, 0) is 43.7 Å². The summed E-state index contributed by atoms with van der Waals surface area (Å²) >= 11 is 0. The van der Waals surface area contributed by atoms with Crippen molar-refractivity contribution in [2.24, 2.45) is 0 Å². The number of pyridine rings is 2. The molecule has 3 aromatic carbocycles. The first-order valence-corrected chi connectivity index (χ1v) is 13.6. The normalized spacial score (nSPS) is 10.7. The minimum Gasteiger partial charge on any atom is -0.503 e. The molecule has 0 fully saturated rings. The van der Waals surface area contributed by atoms with Gasteiger partial charge < -0.3 is 28.9 Å². The Hall–Kier alpha value is -5.90. The SMILES string of the molecule is C.Cc1cc(=O)c(O)cn1-c1cccc2[nH]cnc12.Cc1cc(=O)c(OCc2ccccc2)cn1-c1cccc2[nH]cnc12. The van der Waals surface area contributed by atoms with Gasteiger partial charge in [0.25, 0.3) is 0 Å². The Balaban J connectivity index is 0.000000179. The largest absolute Gasteiger partial charge is 0.503 e. The molecule has 7 rings (SSSR count). The van der Waals surface area contributed by atoms with Gasteiger partial charge in [0.1, 0.15) is 17.6 Å². The molecule has 10 heteroatoms. The third-order valence-corrected chi connectivity index (χ3v) is 7.05. The number of nitrogens with zero attached hydrogens (tertiary/aromatic N) is 4. The molecule has 0 radical (unpaired) electrons. The lowest BCUT2D eigenvalue weighted by Crippen LogP contribution is -2.13. The van der Waals surface area contributed by atoms with Gasteiger partial charge in [0, 0.05) is 23.5 Å². The van der Waals surface area contributed by atoms with Crippen molar-refractivity contribution in [1.82, 2.24) is 29.1 Å². The summed E-state index contributed by atoms with van der Waals surface area (Å²) < 4.78 is 9.46. The maximum Gasteiger partial charge on any atom is 0.223 e. The van der Waals surface area contributed by atoms with Crippen molar-refractivity contribution >= 4 is 22.1 Å². The molecule has 4 aromatic heterocycles. The number of rotatable bonds is 5. The van der Waals surface area contributed by atoms with Gasteiger partial charge in [0.2, 0.25) is 10.9 Å². The van der Waals surface area contributed by atoms with Gasteiger partial charge in [-0.3, -0.25) is 9.59 Å². The van der Waals surface area contributed by atoms with Crippen LogP contribution in [0.25, 0.3) is 33.4 Å². The van der Waals surface area contributed by atoms with E-state index in [1.807, 2.05) is 85.1 Å². The van der Waals surface area contributed by atoms with Crippen LogP contribution in [0.15, 0.2) is 114 Å². The summed E-state index contributed by atoms with van der Waals surface area (Å²) in [5.74, 6) is 0.0510. The predicted octanol–water partition coefficient (Wildman–Crippen LogP) is 5.97. The van der Waals surface area contributed by atoms with E-state index < -0.39 is 0 Å². The van der Waals surface area contributed by atoms with E-state index in [4.69, 9.17) is 4.74 Å². The molecule has 0 unspecified atom stereocenters. The van der Waals surface area contributed by atoms with E-state index in [0.29, 0.717) is 12.4 Å². The minimum atomic E-state index is -0.377. The number of hydrogen-bond donors (Lipinski definition) is 3. The molecule has 0 aliphatic carbocycles. The van der Waals surface area contributed by atoms with Gasteiger partial charge in [-0.15, -0.1) is 0 Å². The van der Waals surface area contributed by atoms with Crippen molar-refractivity contribution < 1.29 is 9.84 Å². The molecule has 222 valence electrons. The van der Waals surface area contributed by atoms with Crippen molar-refractivity contribution in [2.45, 2.75) is 27.9 Å². The highest BCUT2D eigenvalue weighted by molar-refractivity contribution is 5.84. The summed E-state index contributed by atoms with van der Waals surface area (Å²) in [6.45, 7) is 4.06. The van der Waals surface area contributed by atoms with Gasteiger partial charge in [0.15, 0.2) is 11.5 Å². The van der Waals surface area contributed by atoms with E-state index in [1.54, 1.807) is 29.5 Å². The van der Waals surface area contributed by atoms with Crippen LogP contribution >= 0.6 is 0 Å². The third-order valence-electron chi connectivity index (χ3n) is 7.05. The van der Waals surface area contributed by atoms with Gasteiger partial charge in [0.05, 0.1) is 47.5 Å². The Kier molecular flexibility index (Phi) is 8.43. The molecule has 7 aromatic rings. The number of aromatic nitrogens is 6. The average Bonchev–Trinajstić information content (AvgIpc) is 3.70. The number of hydrogen-bond acceptors (Lipinski definition) is 6. The summed E-state index contributed by atoms with van der Waals surface area (Å²) in [5.41, 5.74) is 7.31. The highest BCUT2D eigenvalue weighted by Crippen LogP contribution is 2.23. The van der Waals surface area contributed by atoms with Crippen molar-refractivity contribution in [1.29, 1.82) is 0 Å². The van der Waals surface area contributed by atoms with Crippen LogP contribution in [0.3, 0.4) is 0 Å². The predicted molar refractivity (Wildman–Crippen MR) is 172 cm³/mol. The van der Waals surface area contributed by atoms with Crippen LogP contribution in [0.2, 0.25) is 0 Å². The Labute approximate surface area is 252 Å². The summed E-state index contributed by atoms with van der Waals surface area (Å²) in [7, 11) is 0. The molecule has 0 atom stereocenters. The minimum absolute atomic E-state index is 0. The zero-order valence-corrected chi connectivity index (χ0v) is 23.5. The zero-order chi connectivity index (χ0) is 29.9. The second-order valence-corrected chi connectivity index (χ2v) is 9.97. The smallest absolute Gasteiger partial charge is 0.223 e. The fourth-order valence-corrected chi connectivity index (χ4v) is 4.89. The van der Waals surface area contributed by atoms with E-state index in [1.165, 1.54) is 12.3 Å². The Bertz CT molecular complexity index is 2180. The van der Waals surface area contributed by atoms with Crippen LogP contribution in [0.1, 0.15) is 24.4 Å². The van der Waals surface area contributed by atoms with E-state index in [-0.39, 0.29) is 24.0 Å². The number of aryl methyl sites for hydroxylation is 2. The average molecular weight is 589 g/mol. The van der Waals surface area contributed by atoms with Crippen LogP contribution in [-0.2, 0) is 6.61 Å². The monoisotopic (exact) mass is 588 g/mol. The van der Waals surface area contributed by atoms with Crippen molar-refractivity contribution in [2.75, 3.05) is 0 Å². The molecule has 0 amide bonds. The van der Waals surface area contributed by atoms with Crippen molar-refractivity contribution in [3.63, 3.8) is 0 Å². The van der Waals surface area contributed by atoms with Gasteiger partial charge in [-0.1, -0.05) is 49.9 Å². The molecular weight excluding hydrogens is 556 g/mol. The quantitative estimate of drug-likeness (QED) is 0.227.